The minimum absolute atomic E-state index is 0.0599. The first-order valence-corrected chi connectivity index (χ1v) is 12.7. The zero-order chi connectivity index (χ0) is 27.6. The van der Waals surface area contributed by atoms with E-state index in [1.54, 1.807) is 6.92 Å². The first kappa shape index (κ1) is 32.3. The van der Waals surface area contributed by atoms with Crippen molar-refractivity contribution in [1.82, 2.24) is 0 Å². The van der Waals surface area contributed by atoms with Gasteiger partial charge < -0.3 is 4.74 Å². The highest BCUT2D eigenvalue weighted by atomic mass is 19.4. The lowest BCUT2D eigenvalue weighted by Gasteiger charge is -2.14. The summed E-state index contributed by atoms with van der Waals surface area (Å²) in [6.45, 7) is 12.3. The van der Waals surface area contributed by atoms with E-state index in [0.29, 0.717) is 12.5 Å². The molecule has 206 valence electrons. The van der Waals surface area contributed by atoms with Crippen molar-refractivity contribution in [3.63, 3.8) is 0 Å². The third kappa shape index (κ3) is 13.5. The van der Waals surface area contributed by atoms with Crippen LogP contribution in [0, 0.1) is 0 Å². The second-order valence-corrected chi connectivity index (χ2v) is 10.4. The zero-order valence-corrected chi connectivity index (χ0v) is 22.5. The van der Waals surface area contributed by atoms with Gasteiger partial charge in [-0.3, -0.25) is 0 Å². The Kier molecular flexibility index (Phi) is 12.8. The van der Waals surface area contributed by atoms with E-state index in [1.165, 1.54) is 11.1 Å². The maximum atomic E-state index is 12.5. The number of hydrogen-bond donors (Lipinski definition) is 0. The highest BCUT2D eigenvalue weighted by Gasteiger charge is 2.50. The van der Waals surface area contributed by atoms with E-state index in [2.05, 4.69) is 45.9 Å². The van der Waals surface area contributed by atoms with Crippen LogP contribution in [-0.2, 0) is 4.74 Å². The lowest BCUT2D eigenvalue weighted by molar-refractivity contribution is -0.172. The first-order valence-electron chi connectivity index (χ1n) is 12.7. The van der Waals surface area contributed by atoms with Crippen LogP contribution in [0.3, 0.4) is 0 Å². The molecule has 36 heavy (non-hydrogen) atoms. The van der Waals surface area contributed by atoms with Gasteiger partial charge in [0.2, 0.25) is 0 Å². The number of allylic oxidation sites excluding steroid dienone is 10. The number of rotatable bonds is 14. The maximum Gasteiger partial charge on any atom is 0.420 e. The minimum Gasteiger partial charge on any atom is -0.367 e. The van der Waals surface area contributed by atoms with Gasteiger partial charge in [0.25, 0.3) is 0 Å². The molecule has 0 amide bonds. The topological polar surface area (TPSA) is 12.5 Å². The number of halogens is 6. The van der Waals surface area contributed by atoms with Gasteiger partial charge >= 0.3 is 12.4 Å². The van der Waals surface area contributed by atoms with Crippen molar-refractivity contribution in [2.45, 2.75) is 123 Å². The van der Waals surface area contributed by atoms with Crippen molar-refractivity contribution in [3.8, 4) is 0 Å². The summed E-state index contributed by atoms with van der Waals surface area (Å²) in [5.41, 5.74) is 2.30. The average molecular weight is 521 g/mol. The summed E-state index contributed by atoms with van der Waals surface area (Å²) in [7, 11) is 0. The molecule has 1 rings (SSSR count). The van der Waals surface area contributed by atoms with Crippen molar-refractivity contribution in [3.05, 3.63) is 58.2 Å². The fourth-order valence-corrected chi connectivity index (χ4v) is 3.84. The fraction of sp³-hybridized carbons (Fsp3) is 0.655. The van der Waals surface area contributed by atoms with Crippen molar-refractivity contribution >= 4 is 0 Å². The van der Waals surface area contributed by atoms with Gasteiger partial charge in [-0.25, -0.2) is 0 Å². The van der Waals surface area contributed by atoms with Gasteiger partial charge in [0, 0.05) is 0 Å². The molecule has 1 aliphatic heterocycles. The summed E-state index contributed by atoms with van der Waals surface area (Å²) in [5, 5.41) is 0. The van der Waals surface area contributed by atoms with Crippen LogP contribution >= 0.6 is 0 Å². The molecule has 0 saturated carbocycles. The predicted octanol–water partition coefficient (Wildman–Crippen LogP) is 10.5. The van der Waals surface area contributed by atoms with Crippen LogP contribution in [0.15, 0.2) is 58.2 Å². The summed E-state index contributed by atoms with van der Waals surface area (Å²) in [6, 6.07) is 0. The van der Waals surface area contributed by atoms with Gasteiger partial charge in [-0.05, 0) is 99.3 Å². The normalized spacial score (nSPS) is 19.5. The quantitative estimate of drug-likeness (QED) is 0.0960. The lowest BCUT2D eigenvalue weighted by Crippen LogP contribution is -2.26. The second-order valence-electron chi connectivity index (χ2n) is 10.4. The monoisotopic (exact) mass is 520 g/mol. The minimum atomic E-state index is -5.39. The Morgan fingerprint density at radius 2 is 1.08 bits per heavy atom. The molecular weight excluding hydrogens is 478 g/mol. The number of epoxide rings is 1. The van der Waals surface area contributed by atoms with Crippen LogP contribution in [0.1, 0.15) is 99.3 Å². The Morgan fingerprint density at radius 3 is 1.56 bits per heavy atom. The second kappa shape index (κ2) is 14.3. The van der Waals surface area contributed by atoms with Crippen LogP contribution in [0.5, 0.6) is 0 Å². The number of ether oxygens (including phenoxy) is 1. The van der Waals surface area contributed by atoms with E-state index < -0.39 is 17.9 Å². The molecule has 0 bridgehead atoms. The number of unbranched alkanes of at least 4 members (excludes halogenated alkanes) is 1. The van der Waals surface area contributed by atoms with E-state index in [9.17, 15) is 26.3 Å². The molecule has 1 aliphatic rings. The SMILES string of the molecule is C/C(=C/C/C(C)=C/CC/C=C(/C)CC/C(C)=C\CCC1OC1(C)C)CCC=C(C(F)(F)F)C(F)(F)F. The highest BCUT2D eigenvalue weighted by molar-refractivity contribution is 5.17. The van der Waals surface area contributed by atoms with Gasteiger partial charge in [-0.15, -0.1) is 0 Å². The summed E-state index contributed by atoms with van der Waals surface area (Å²) < 4.78 is 80.9. The number of alkyl halides is 6. The van der Waals surface area contributed by atoms with Crippen LogP contribution in [0.4, 0.5) is 26.3 Å². The van der Waals surface area contributed by atoms with Gasteiger partial charge in [0.15, 0.2) is 0 Å². The van der Waals surface area contributed by atoms with Crippen molar-refractivity contribution in [2.24, 2.45) is 0 Å². The smallest absolute Gasteiger partial charge is 0.367 e. The average Bonchev–Trinajstić information content (AvgIpc) is 3.35. The lowest BCUT2D eigenvalue weighted by atomic mass is 10.0. The van der Waals surface area contributed by atoms with Crippen molar-refractivity contribution in [2.75, 3.05) is 0 Å². The van der Waals surface area contributed by atoms with Crippen molar-refractivity contribution < 1.29 is 31.1 Å². The van der Waals surface area contributed by atoms with Gasteiger partial charge in [-0.1, -0.05) is 52.7 Å². The molecule has 0 aromatic rings. The Morgan fingerprint density at radius 1 is 0.639 bits per heavy atom. The standard InChI is InChI=1S/C29H42F6O/c1-21(17-19-23(3)13-9-15-25(28(30,31)32)29(33,34)35)11-7-8-12-22(2)18-20-24(4)14-10-16-26-27(5,6)36-26/h11-12,14-15,19,26H,7-10,13,16-18,20H2,1-6H3/b21-11+,22-12-,23-19-,24-14-. The van der Waals surface area contributed by atoms with E-state index in [0.717, 1.165) is 49.7 Å². The molecule has 1 atom stereocenters. The van der Waals surface area contributed by atoms with Gasteiger partial charge in [0.05, 0.1) is 11.7 Å². The molecule has 0 aliphatic carbocycles. The Labute approximate surface area is 213 Å². The third-order valence-electron chi connectivity index (χ3n) is 6.42. The Hall–Kier alpha value is -1.76. The fourth-order valence-electron chi connectivity index (χ4n) is 3.84. The molecule has 1 saturated heterocycles. The Bertz CT molecular complexity index is 834. The summed E-state index contributed by atoms with van der Waals surface area (Å²) in [6.07, 6.45) is 4.98. The van der Waals surface area contributed by atoms with Crippen LogP contribution in [0.25, 0.3) is 0 Å². The third-order valence-corrected chi connectivity index (χ3v) is 6.42. The molecule has 1 unspecified atom stereocenters. The van der Waals surface area contributed by atoms with E-state index in [1.807, 2.05) is 13.0 Å². The van der Waals surface area contributed by atoms with Crippen LogP contribution < -0.4 is 0 Å². The van der Waals surface area contributed by atoms with E-state index in [4.69, 9.17) is 4.74 Å². The van der Waals surface area contributed by atoms with E-state index >= 15 is 0 Å². The van der Waals surface area contributed by atoms with Crippen LogP contribution in [-0.4, -0.2) is 24.1 Å². The van der Waals surface area contributed by atoms with E-state index in [-0.39, 0.29) is 24.5 Å². The zero-order valence-electron chi connectivity index (χ0n) is 22.5. The molecule has 1 heterocycles. The summed E-state index contributed by atoms with van der Waals surface area (Å²) in [5.74, 6) is 0. The highest BCUT2D eigenvalue weighted by Crippen LogP contribution is 2.39. The largest absolute Gasteiger partial charge is 0.420 e. The predicted molar refractivity (Wildman–Crippen MR) is 136 cm³/mol. The molecule has 7 heteroatoms. The molecule has 0 aromatic heterocycles. The summed E-state index contributed by atoms with van der Waals surface area (Å²) in [4.78, 5) is 0. The Balaban J connectivity index is 2.33. The first-order chi connectivity index (χ1) is 16.5. The van der Waals surface area contributed by atoms with Crippen LogP contribution in [0.2, 0.25) is 0 Å². The maximum absolute atomic E-state index is 12.5. The molecule has 0 radical (unpaired) electrons. The number of hydrogen-bond acceptors (Lipinski definition) is 1. The molecule has 0 N–H and O–H groups in total. The van der Waals surface area contributed by atoms with Crippen molar-refractivity contribution in [1.29, 1.82) is 0 Å². The molecule has 1 nitrogen and oxygen atoms in total. The van der Waals surface area contributed by atoms with Gasteiger partial charge in [0.1, 0.15) is 5.57 Å². The van der Waals surface area contributed by atoms with Gasteiger partial charge in [-0.2, -0.15) is 26.3 Å². The molecule has 0 spiro atoms. The molecular formula is C29H42F6O. The summed E-state index contributed by atoms with van der Waals surface area (Å²) >= 11 is 0. The molecule has 1 fully saturated rings. The molecule has 0 aromatic carbocycles.